The summed E-state index contributed by atoms with van der Waals surface area (Å²) < 4.78 is 0. The predicted molar refractivity (Wildman–Crippen MR) is 113 cm³/mol. The highest BCUT2D eigenvalue weighted by Crippen LogP contribution is 2.40. The second-order valence-electron chi connectivity index (χ2n) is 7.31. The van der Waals surface area contributed by atoms with Gasteiger partial charge in [0.2, 0.25) is 11.8 Å². The first-order valence-electron chi connectivity index (χ1n) is 9.25. The molecule has 0 radical (unpaired) electrons. The maximum absolute atomic E-state index is 13.0. The van der Waals surface area contributed by atoms with Crippen LogP contribution in [0.15, 0.2) is 54.1 Å². The van der Waals surface area contributed by atoms with E-state index in [1.54, 1.807) is 36.4 Å². The summed E-state index contributed by atoms with van der Waals surface area (Å²) >= 11 is 12.0. The van der Waals surface area contributed by atoms with Gasteiger partial charge in [-0.1, -0.05) is 47.0 Å². The average molecular weight is 429 g/mol. The molecule has 5 nitrogen and oxygen atoms in total. The molecular weight excluding hydrogens is 411 g/mol. The van der Waals surface area contributed by atoms with Crippen LogP contribution in [-0.2, 0) is 9.59 Å². The first-order valence-corrected chi connectivity index (χ1v) is 10.0. The molecule has 1 aliphatic carbocycles. The van der Waals surface area contributed by atoms with Gasteiger partial charge in [0, 0.05) is 5.02 Å². The number of allylic oxidation sites excluding steroid dienone is 2. The number of nitrogens with zero attached hydrogens (tertiary/aromatic N) is 1. The van der Waals surface area contributed by atoms with Gasteiger partial charge in [0.05, 0.1) is 33.8 Å². The molecule has 1 N–H and O–H groups in total. The Morgan fingerprint density at radius 3 is 2.55 bits per heavy atom. The summed E-state index contributed by atoms with van der Waals surface area (Å²) in [5.74, 6) is -1.71. The van der Waals surface area contributed by atoms with Crippen LogP contribution in [0.3, 0.4) is 0 Å². The largest absolute Gasteiger partial charge is 0.321 e. The van der Waals surface area contributed by atoms with E-state index in [4.69, 9.17) is 23.2 Å². The minimum absolute atomic E-state index is 0.226. The lowest BCUT2D eigenvalue weighted by Gasteiger charge is -2.19. The molecule has 1 fully saturated rings. The van der Waals surface area contributed by atoms with Crippen LogP contribution in [0.1, 0.15) is 30.1 Å². The number of halogens is 2. The van der Waals surface area contributed by atoms with Crippen molar-refractivity contribution in [2.45, 2.75) is 19.8 Å². The number of carbonyl (C=O) groups is 3. The molecule has 0 unspecified atom stereocenters. The zero-order valence-corrected chi connectivity index (χ0v) is 17.1. The van der Waals surface area contributed by atoms with E-state index < -0.39 is 5.91 Å². The second-order valence-corrected chi connectivity index (χ2v) is 8.15. The number of fused-ring (bicyclic) bond motifs is 1. The Labute approximate surface area is 178 Å². The summed E-state index contributed by atoms with van der Waals surface area (Å²) in [6.45, 7) is 1.97. The molecular formula is C22H18Cl2N2O3. The third kappa shape index (κ3) is 3.56. The van der Waals surface area contributed by atoms with Crippen LogP contribution in [0, 0.1) is 11.8 Å². The number of hydrogen-bond donors (Lipinski definition) is 1. The van der Waals surface area contributed by atoms with Crippen molar-refractivity contribution in [2.75, 3.05) is 10.2 Å². The lowest BCUT2D eigenvalue weighted by molar-refractivity contribution is -0.122. The SMILES string of the molecule is CC1=CC[C@@H]2C(=O)N(c3ccccc3C(=O)Nc3ccc(Cl)cc3Cl)C(=O)[C@H]2C1. The van der Waals surface area contributed by atoms with Crippen LogP contribution < -0.4 is 10.2 Å². The molecule has 7 heteroatoms. The van der Waals surface area contributed by atoms with Crippen molar-refractivity contribution in [3.05, 3.63) is 69.7 Å². The topological polar surface area (TPSA) is 66.5 Å². The fourth-order valence-electron chi connectivity index (χ4n) is 3.92. The third-order valence-corrected chi connectivity index (χ3v) is 5.94. The molecule has 0 bridgehead atoms. The smallest absolute Gasteiger partial charge is 0.257 e. The van der Waals surface area contributed by atoms with Gasteiger partial charge in [0.25, 0.3) is 5.91 Å². The second kappa shape index (κ2) is 7.65. The molecule has 0 spiro atoms. The van der Waals surface area contributed by atoms with Gasteiger partial charge in [0.1, 0.15) is 0 Å². The number of nitrogens with one attached hydrogen (secondary N) is 1. The van der Waals surface area contributed by atoms with Crippen molar-refractivity contribution in [2.24, 2.45) is 11.8 Å². The molecule has 1 aliphatic heterocycles. The molecule has 2 aromatic carbocycles. The molecule has 148 valence electrons. The molecule has 2 atom stereocenters. The van der Waals surface area contributed by atoms with Crippen molar-refractivity contribution >= 4 is 52.3 Å². The number of carbonyl (C=O) groups excluding carboxylic acids is 3. The lowest BCUT2D eigenvalue weighted by Crippen LogP contribution is -2.33. The number of imide groups is 1. The minimum atomic E-state index is -0.463. The Kier molecular flexibility index (Phi) is 5.19. The average Bonchev–Trinajstić information content (AvgIpc) is 2.94. The highest BCUT2D eigenvalue weighted by molar-refractivity contribution is 6.37. The van der Waals surface area contributed by atoms with Crippen molar-refractivity contribution in [3.63, 3.8) is 0 Å². The fourth-order valence-corrected chi connectivity index (χ4v) is 4.37. The summed E-state index contributed by atoms with van der Waals surface area (Å²) in [6.07, 6.45) is 3.13. The zero-order chi connectivity index (χ0) is 20.7. The molecule has 4 rings (SSSR count). The van der Waals surface area contributed by atoms with Gasteiger partial charge in [-0.3, -0.25) is 14.4 Å². The molecule has 29 heavy (non-hydrogen) atoms. The Bertz CT molecular complexity index is 1060. The van der Waals surface area contributed by atoms with E-state index in [2.05, 4.69) is 5.32 Å². The van der Waals surface area contributed by atoms with E-state index in [0.717, 1.165) is 5.57 Å². The van der Waals surface area contributed by atoms with Gasteiger partial charge < -0.3 is 5.32 Å². The summed E-state index contributed by atoms with van der Waals surface area (Å²) in [6, 6.07) is 11.3. The Morgan fingerprint density at radius 1 is 1.07 bits per heavy atom. The van der Waals surface area contributed by atoms with Gasteiger partial charge in [0.15, 0.2) is 0 Å². The van der Waals surface area contributed by atoms with Crippen LogP contribution in [-0.4, -0.2) is 17.7 Å². The monoisotopic (exact) mass is 428 g/mol. The summed E-state index contributed by atoms with van der Waals surface area (Å²) in [7, 11) is 0. The van der Waals surface area contributed by atoms with Crippen LogP contribution in [0.4, 0.5) is 11.4 Å². The summed E-state index contributed by atoms with van der Waals surface area (Å²) in [5.41, 5.74) is 2.02. The van der Waals surface area contributed by atoms with Gasteiger partial charge in [-0.15, -0.1) is 0 Å². The Morgan fingerprint density at radius 2 is 1.79 bits per heavy atom. The number of rotatable bonds is 3. The molecule has 3 amide bonds. The van der Waals surface area contributed by atoms with Crippen molar-refractivity contribution in [3.8, 4) is 0 Å². The van der Waals surface area contributed by atoms with Crippen LogP contribution in [0.2, 0.25) is 10.0 Å². The van der Waals surface area contributed by atoms with Crippen molar-refractivity contribution in [1.29, 1.82) is 0 Å². The first kappa shape index (κ1) is 19.7. The van der Waals surface area contributed by atoms with Crippen LogP contribution in [0.25, 0.3) is 0 Å². The molecule has 1 saturated heterocycles. The van der Waals surface area contributed by atoms with Gasteiger partial charge in [-0.2, -0.15) is 0 Å². The molecule has 0 aromatic heterocycles. The first-order chi connectivity index (χ1) is 13.9. The Hall–Kier alpha value is -2.63. The summed E-state index contributed by atoms with van der Waals surface area (Å²) in [4.78, 5) is 40.1. The molecule has 2 aromatic rings. The summed E-state index contributed by atoms with van der Waals surface area (Å²) in [5, 5.41) is 3.48. The fraction of sp³-hybridized carbons (Fsp3) is 0.227. The van der Waals surface area contributed by atoms with E-state index in [1.807, 2.05) is 13.0 Å². The van der Waals surface area contributed by atoms with E-state index in [-0.39, 0.29) is 34.9 Å². The normalized spacial score (nSPS) is 21.1. The van der Waals surface area contributed by atoms with E-state index >= 15 is 0 Å². The number of amides is 3. The van der Waals surface area contributed by atoms with Crippen LogP contribution in [0.5, 0.6) is 0 Å². The van der Waals surface area contributed by atoms with Crippen LogP contribution >= 0.6 is 23.2 Å². The number of para-hydroxylation sites is 1. The standard InChI is InChI=1S/C22H18Cl2N2O3/c1-12-6-8-14-16(10-12)22(29)26(21(14)28)19-5-3-2-4-15(19)20(27)25-18-9-7-13(23)11-17(18)24/h2-7,9,11,14,16H,8,10H2,1H3,(H,25,27)/t14-,16-/m0/s1. The van der Waals surface area contributed by atoms with E-state index in [9.17, 15) is 14.4 Å². The van der Waals surface area contributed by atoms with Crippen molar-refractivity contribution in [1.82, 2.24) is 0 Å². The maximum atomic E-state index is 13.0. The van der Waals surface area contributed by atoms with Crippen molar-refractivity contribution < 1.29 is 14.4 Å². The number of benzene rings is 2. The Balaban J connectivity index is 1.66. The quantitative estimate of drug-likeness (QED) is 0.546. The third-order valence-electron chi connectivity index (χ3n) is 5.39. The highest BCUT2D eigenvalue weighted by atomic mass is 35.5. The zero-order valence-electron chi connectivity index (χ0n) is 15.6. The molecule has 2 aliphatic rings. The number of hydrogen-bond acceptors (Lipinski definition) is 3. The molecule has 1 heterocycles. The minimum Gasteiger partial charge on any atom is -0.321 e. The van der Waals surface area contributed by atoms with Gasteiger partial charge >= 0.3 is 0 Å². The molecule has 0 saturated carbocycles. The van der Waals surface area contributed by atoms with E-state index in [1.165, 1.54) is 11.0 Å². The van der Waals surface area contributed by atoms with Gasteiger partial charge in [-0.05, 0) is 50.1 Å². The van der Waals surface area contributed by atoms with Gasteiger partial charge in [-0.25, -0.2) is 4.90 Å². The maximum Gasteiger partial charge on any atom is 0.257 e. The predicted octanol–water partition coefficient (Wildman–Crippen LogP) is 5.09. The number of anilines is 2. The highest BCUT2D eigenvalue weighted by Gasteiger charge is 2.49. The lowest BCUT2D eigenvalue weighted by atomic mass is 9.82. The van der Waals surface area contributed by atoms with E-state index in [0.29, 0.717) is 28.6 Å².